The smallest absolute Gasteiger partial charge is 0.406 e. The number of carbonyl (C=O) groups excluding carboxylic acids is 1. The van der Waals surface area contributed by atoms with Crippen LogP contribution in [-0.2, 0) is 4.74 Å². The summed E-state index contributed by atoms with van der Waals surface area (Å²) in [6.45, 7) is 3.13. The van der Waals surface area contributed by atoms with E-state index in [0.717, 1.165) is 12.1 Å². The Morgan fingerprint density at radius 2 is 1.90 bits per heavy atom. The number of alkyl halides is 3. The minimum atomic E-state index is -4.73. The van der Waals surface area contributed by atoms with Crippen LogP contribution in [0.4, 0.5) is 23.7 Å². The van der Waals surface area contributed by atoms with E-state index in [4.69, 9.17) is 4.74 Å². The first kappa shape index (κ1) is 16.1. The summed E-state index contributed by atoms with van der Waals surface area (Å²) in [5, 5.41) is 5.00. The van der Waals surface area contributed by atoms with Gasteiger partial charge in [-0.3, -0.25) is 0 Å². The third-order valence-corrected chi connectivity index (χ3v) is 2.08. The molecule has 1 aromatic carbocycles. The Bertz CT molecular complexity index is 421. The Balaban J connectivity index is 2.39. The molecule has 2 amide bonds. The molecule has 1 rings (SSSR count). The first-order chi connectivity index (χ1) is 9.40. The third-order valence-electron chi connectivity index (χ3n) is 2.08. The summed E-state index contributed by atoms with van der Waals surface area (Å²) in [5.74, 6) is -0.347. The van der Waals surface area contributed by atoms with Crippen LogP contribution in [0.2, 0.25) is 0 Å². The highest BCUT2D eigenvalue weighted by atomic mass is 19.4. The van der Waals surface area contributed by atoms with Gasteiger partial charge in [0.25, 0.3) is 0 Å². The number of hydrogen-bond acceptors (Lipinski definition) is 3. The zero-order chi connectivity index (χ0) is 15.0. The van der Waals surface area contributed by atoms with E-state index in [2.05, 4.69) is 15.4 Å². The van der Waals surface area contributed by atoms with Gasteiger partial charge in [-0.05, 0) is 31.2 Å². The van der Waals surface area contributed by atoms with Crippen LogP contribution in [0.5, 0.6) is 5.75 Å². The van der Waals surface area contributed by atoms with E-state index in [1.165, 1.54) is 12.1 Å². The van der Waals surface area contributed by atoms with Crippen LogP contribution < -0.4 is 15.4 Å². The summed E-state index contributed by atoms with van der Waals surface area (Å²) in [5.41, 5.74) is 0.355. The zero-order valence-corrected chi connectivity index (χ0v) is 10.8. The fraction of sp³-hybridized carbons (Fsp3) is 0.417. The van der Waals surface area contributed by atoms with Crippen LogP contribution in [0.15, 0.2) is 24.3 Å². The van der Waals surface area contributed by atoms with E-state index >= 15 is 0 Å². The number of hydrogen-bond donors (Lipinski definition) is 2. The lowest BCUT2D eigenvalue weighted by molar-refractivity contribution is -0.274. The predicted octanol–water partition coefficient (Wildman–Crippen LogP) is 2.74. The molecule has 0 aliphatic carbocycles. The molecule has 20 heavy (non-hydrogen) atoms. The van der Waals surface area contributed by atoms with Gasteiger partial charge >= 0.3 is 12.4 Å². The van der Waals surface area contributed by atoms with Crippen molar-refractivity contribution in [3.63, 3.8) is 0 Å². The van der Waals surface area contributed by atoms with Crippen molar-refractivity contribution in [1.29, 1.82) is 0 Å². The van der Waals surface area contributed by atoms with E-state index in [0.29, 0.717) is 25.4 Å². The molecular weight excluding hydrogens is 277 g/mol. The molecule has 0 aliphatic heterocycles. The molecule has 0 aromatic heterocycles. The zero-order valence-electron chi connectivity index (χ0n) is 10.8. The number of benzene rings is 1. The minimum Gasteiger partial charge on any atom is -0.406 e. The molecule has 0 fully saturated rings. The summed E-state index contributed by atoms with van der Waals surface area (Å²) in [6.07, 6.45) is -4.73. The van der Waals surface area contributed by atoms with E-state index in [1.54, 1.807) is 0 Å². The van der Waals surface area contributed by atoms with Crippen molar-refractivity contribution in [2.75, 3.05) is 25.1 Å². The molecule has 0 radical (unpaired) electrons. The molecule has 1 aromatic rings. The highest BCUT2D eigenvalue weighted by molar-refractivity contribution is 5.89. The fourth-order valence-electron chi connectivity index (χ4n) is 1.30. The number of urea groups is 1. The Morgan fingerprint density at radius 1 is 1.25 bits per heavy atom. The molecule has 0 saturated carbocycles. The maximum absolute atomic E-state index is 11.9. The van der Waals surface area contributed by atoms with E-state index in [9.17, 15) is 18.0 Å². The van der Waals surface area contributed by atoms with Gasteiger partial charge in [0.2, 0.25) is 0 Å². The van der Waals surface area contributed by atoms with Crippen LogP contribution in [0, 0.1) is 0 Å². The maximum atomic E-state index is 11.9. The predicted molar refractivity (Wildman–Crippen MR) is 66.6 cm³/mol. The van der Waals surface area contributed by atoms with Crippen LogP contribution in [-0.4, -0.2) is 32.2 Å². The number of nitrogens with one attached hydrogen (secondary N) is 2. The van der Waals surface area contributed by atoms with Crippen molar-refractivity contribution in [1.82, 2.24) is 5.32 Å². The molecular formula is C12H15F3N2O3. The number of anilines is 1. The van der Waals surface area contributed by atoms with E-state index in [1.807, 2.05) is 6.92 Å². The molecule has 5 nitrogen and oxygen atoms in total. The number of ether oxygens (including phenoxy) is 2. The van der Waals surface area contributed by atoms with Gasteiger partial charge < -0.3 is 20.1 Å². The molecule has 2 N–H and O–H groups in total. The van der Waals surface area contributed by atoms with Crippen LogP contribution in [0.25, 0.3) is 0 Å². The highest BCUT2D eigenvalue weighted by Gasteiger charge is 2.30. The first-order valence-electron chi connectivity index (χ1n) is 5.89. The Kier molecular flexibility index (Phi) is 6.10. The lowest BCUT2D eigenvalue weighted by Gasteiger charge is -2.10. The first-order valence-corrected chi connectivity index (χ1v) is 5.89. The Hall–Kier alpha value is -1.96. The number of rotatable bonds is 6. The van der Waals surface area contributed by atoms with Crippen molar-refractivity contribution in [2.24, 2.45) is 0 Å². The minimum absolute atomic E-state index is 0.342. The molecule has 0 aliphatic rings. The summed E-state index contributed by atoms with van der Waals surface area (Å²) in [4.78, 5) is 11.4. The quantitative estimate of drug-likeness (QED) is 0.793. The summed E-state index contributed by atoms with van der Waals surface area (Å²) >= 11 is 0. The second-order valence-corrected chi connectivity index (χ2v) is 3.65. The van der Waals surface area contributed by atoms with Crippen molar-refractivity contribution >= 4 is 11.7 Å². The largest absolute Gasteiger partial charge is 0.573 e. The maximum Gasteiger partial charge on any atom is 0.573 e. The molecule has 0 unspecified atom stereocenters. The molecule has 0 atom stereocenters. The topological polar surface area (TPSA) is 59.6 Å². The third kappa shape index (κ3) is 6.83. The molecule has 8 heteroatoms. The SMILES string of the molecule is CCOCCNC(=O)Nc1ccc(OC(F)(F)F)cc1. The molecule has 0 spiro atoms. The summed E-state index contributed by atoms with van der Waals surface area (Å²) in [6, 6.07) is 4.38. The van der Waals surface area contributed by atoms with Gasteiger partial charge in [0.1, 0.15) is 5.75 Å². The van der Waals surface area contributed by atoms with Crippen LogP contribution in [0.3, 0.4) is 0 Å². The van der Waals surface area contributed by atoms with Gasteiger partial charge in [0.05, 0.1) is 6.61 Å². The number of halogens is 3. The lowest BCUT2D eigenvalue weighted by atomic mass is 10.3. The Morgan fingerprint density at radius 3 is 2.45 bits per heavy atom. The Labute approximate surface area is 114 Å². The average Bonchev–Trinajstić information content (AvgIpc) is 2.35. The molecule has 0 saturated heterocycles. The van der Waals surface area contributed by atoms with Crippen molar-refractivity contribution in [2.45, 2.75) is 13.3 Å². The van der Waals surface area contributed by atoms with Gasteiger partial charge in [0, 0.05) is 18.8 Å². The molecule has 0 bridgehead atoms. The van der Waals surface area contributed by atoms with Gasteiger partial charge in [-0.25, -0.2) is 4.79 Å². The average molecular weight is 292 g/mol. The van der Waals surface area contributed by atoms with Gasteiger partial charge in [0.15, 0.2) is 0 Å². The second-order valence-electron chi connectivity index (χ2n) is 3.65. The second kappa shape index (κ2) is 7.59. The highest BCUT2D eigenvalue weighted by Crippen LogP contribution is 2.23. The lowest BCUT2D eigenvalue weighted by Crippen LogP contribution is -2.31. The van der Waals surface area contributed by atoms with Gasteiger partial charge in [-0.15, -0.1) is 13.2 Å². The standard InChI is InChI=1S/C12H15F3N2O3/c1-2-19-8-7-16-11(18)17-9-3-5-10(6-4-9)20-12(13,14)15/h3-6H,2,7-8H2,1H3,(H2,16,17,18). The van der Waals surface area contributed by atoms with E-state index < -0.39 is 12.4 Å². The molecule has 0 heterocycles. The van der Waals surface area contributed by atoms with E-state index in [-0.39, 0.29) is 5.75 Å². The summed E-state index contributed by atoms with van der Waals surface area (Å²) in [7, 11) is 0. The van der Waals surface area contributed by atoms with Gasteiger partial charge in [-0.2, -0.15) is 0 Å². The van der Waals surface area contributed by atoms with Crippen molar-refractivity contribution < 1.29 is 27.4 Å². The summed E-state index contributed by atoms with van der Waals surface area (Å²) < 4.78 is 44.6. The van der Waals surface area contributed by atoms with Crippen LogP contribution >= 0.6 is 0 Å². The number of amides is 2. The molecule has 112 valence electrons. The monoisotopic (exact) mass is 292 g/mol. The van der Waals surface area contributed by atoms with Crippen molar-refractivity contribution in [3.8, 4) is 5.75 Å². The van der Waals surface area contributed by atoms with Crippen LogP contribution in [0.1, 0.15) is 6.92 Å². The normalized spacial score (nSPS) is 11.0. The van der Waals surface area contributed by atoms with Gasteiger partial charge in [-0.1, -0.05) is 0 Å². The fourth-order valence-corrected chi connectivity index (χ4v) is 1.30. The van der Waals surface area contributed by atoms with Crippen molar-refractivity contribution in [3.05, 3.63) is 24.3 Å². The number of carbonyl (C=O) groups is 1.